The standard InChI is InChI=1S/C16H14F2N2O/c17-11-6-2-7-12(18)14(11)16(21)20-13-8-1-4-10-5-3-9-19-15(10)13/h1-2,4,6-8,19H,3,5,9H2,(H,20,21). The summed E-state index contributed by atoms with van der Waals surface area (Å²) in [5, 5.41) is 5.80. The lowest BCUT2D eigenvalue weighted by Gasteiger charge is -2.21. The third-order valence-corrected chi connectivity index (χ3v) is 3.51. The van der Waals surface area contributed by atoms with E-state index in [0.29, 0.717) is 5.69 Å². The second kappa shape index (κ2) is 5.52. The summed E-state index contributed by atoms with van der Waals surface area (Å²) in [4.78, 5) is 12.1. The monoisotopic (exact) mass is 288 g/mol. The fourth-order valence-corrected chi connectivity index (χ4v) is 2.51. The number of carbonyl (C=O) groups excluding carboxylic acids is 1. The van der Waals surface area contributed by atoms with E-state index < -0.39 is 23.1 Å². The molecule has 0 spiro atoms. The number of aryl methyl sites for hydroxylation is 1. The molecule has 0 unspecified atom stereocenters. The zero-order valence-electron chi connectivity index (χ0n) is 11.2. The molecule has 0 bridgehead atoms. The van der Waals surface area contributed by atoms with Crippen molar-refractivity contribution in [1.29, 1.82) is 0 Å². The second-order valence-corrected chi connectivity index (χ2v) is 4.92. The fraction of sp³-hybridized carbons (Fsp3) is 0.188. The maximum absolute atomic E-state index is 13.6. The highest BCUT2D eigenvalue weighted by molar-refractivity contribution is 6.06. The van der Waals surface area contributed by atoms with Crippen molar-refractivity contribution >= 4 is 17.3 Å². The molecule has 2 aromatic carbocycles. The largest absolute Gasteiger partial charge is 0.383 e. The van der Waals surface area contributed by atoms with Crippen LogP contribution in [0.15, 0.2) is 36.4 Å². The normalized spacial score (nSPS) is 13.2. The van der Waals surface area contributed by atoms with E-state index in [4.69, 9.17) is 0 Å². The zero-order valence-corrected chi connectivity index (χ0v) is 11.2. The number of rotatable bonds is 2. The van der Waals surface area contributed by atoms with Gasteiger partial charge in [-0.05, 0) is 36.6 Å². The molecule has 1 aliphatic heterocycles. The molecule has 0 aromatic heterocycles. The number of halogens is 2. The van der Waals surface area contributed by atoms with E-state index in [2.05, 4.69) is 10.6 Å². The molecule has 0 fully saturated rings. The minimum absolute atomic E-state index is 0.542. The summed E-state index contributed by atoms with van der Waals surface area (Å²) in [6, 6.07) is 8.87. The summed E-state index contributed by atoms with van der Waals surface area (Å²) in [7, 11) is 0. The van der Waals surface area contributed by atoms with Crippen LogP contribution in [0.1, 0.15) is 22.3 Å². The van der Waals surface area contributed by atoms with Crippen molar-refractivity contribution in [3.63, 3.8) is 0 Å². The van der Waals surface area contributed by atoms with Crippen molar-refractivity contribution < 1.29 is 13.6 Å². The van der Waals surface area contributed by atoms with Gasteiger partial charge < -0.3 is 10.6 Å². The lowest BCUT2D eigenvalue weighted by atomic mass is 10.0. The summed E-state index contributed by atoms with van der Waals surface area (Å²) in [6.45, 7) is 0.813. The van der Waals surface area contributed by atoms with Crippen LogP contribution >= 0.6 is 0 Å². The van der Waals surface area contributed by atoms with Gasteiger partial charge in [0, 0.05) is 6.54 Å². The third-order valence-electron chi connectivity index (χ3n) is 3.51. The summed E-state index contributed by atoms with van der Waals surface area (Å²) in [6.07, 6.45) is 1.94. The maximum atomic E-state index is 13.6. The maximum Gasteiger partial charge on any atom is 0.261 e. The number of nitrogens with one attached hydrogen (secondary N) is 2. The van der Waals surface area contributed by atoms with Crippen LogP contribution in [0.3, 0.4) is 0 Å². The molecular weight excluding hydrogens is 274 g/mol. The van der Waals surface area contributed by atoms with E-state index in [-0.39, 0.29) is 0 Å². The van der Waals surface area contributed by atoms with Crippen LogP contribution in [0.5, 0.6) is 0 Å². The number of para-hydroxylation sites is 1. The summed E-state index contributed by atoms with van der Waals surface area (Å²) < 4.78 is 27.3. The van der Waals surface area contributed by atoms with Gasteiger partial charge in [-0.3, -0.25) is 4.79 Å². The molecule has 1 heterocycles. The number of hydrogen-bond acceptors (Lipinski definition) is 2. The van der Waals surface area contributed by atoms with Crippen molar-refractivity contribution in [1.82, 2.24) is 0 Å². The average molecular weight is 288 g/mol. The van der Waals surface area contributed by atoms with Gasteiger partial charge in [0.1, 0.15) is 17.2 Å². The first kappa shape index (κ1) is 13.5. The Bertz CT molecular complexity index is 680. The number of benzene rings is 2. The highest BCUT2D eigenvalue weighted by atomic mass is 19.1. The van der Waals surface area contributed by atoms with Gasteiger partial charge >= 0.3 is 0 Å². The number of carbonyl (C=O) groups is 1. The van der Waals surface area contributed by atoms with Crippen molar-refractivity contribution in [2.24, 2.45) is 0 Å². The Kier molecular flexibility index (Phi) is 3.56. The first-order valence-corrected chi connectivity index (χ1v) is 6.78. The Morgan fingerprint density at radius 2 is 1.81 bits per heavy atom. The predicted octanol–water partition coefficient (Wildman–Crippen LogP) is 3.58. The molecule has 2 N–H and O–H groups in total. The van der Waals surface area contributed by atoms with Crippen LogP contribution < -0.4 is 10.6 Å². The Labute approximate surface area is 121 Å². The Morgan fingerprint density at radius 1 is 1.10 bits per heavy atom. The van der Waals surface area contributed by atoms with Crippen molar-refractivity contribution in [3.05, 3.63) is 59.2 Å². The number of fused-ring (bicyclic) bond motifs is 1. The average Bonchev–Trinajstić information content (AvgIpc) is 2.47. The summed E-state index contributed by atoms with van der Waals surface area (Å²) >= 11 is 0. The Balaban J connectivity index is 1.92. The molecule has 3 rings (SSSR count). The number of anilines is 2. The van der Waals surface area contributed by atoms with Crippen molar-refractivity contribution in [2.75, 3.05) is 17.2 Å². The third kappa shape index (κ3) is 2.59. The Hall–Kier alpha value is -2.43. The lowest BCUT2D eigenvalue weighted by molar-refractivity contribution is 0.101. The van der Waals surface area contributed by atoms with Gasteiger partial charge in [-0.2, -0.15) is 0 Å². The van der Waals surface area contributed by atoms with Crippen LogP contribution in [0.25, 0.3) is 0 Å². The topological polar surface area (TPSA) is 41.1 Å². The quantitative estimate of drug-likeness (QED) is 0.887. The second-order valence-electron chi connectivity index (χ2n) is 4.92. The van der Waals surface area contributed by atoms with Crippen molar-refractivity contribution in [3.8, 4) is 0 Å². The first-order chi connectivity index (χ1) is 10.2. The lowest BCUT2D eigenvalue weighted by Crippen LogP contribution is -2.19. The molecular formula is C16H14F2N2O. The molecule has 2 aromatic rings. The minimum Gasteiger partial charge on any atom is -0.383 e. The molecule has 0 saturated carbocycles. The smallest absolute Gasteiger partial charge is 0.261 e. The van der Waals surface area contributed by atoms with Gasteiger partial charge in [0.25, 0.3) is 5.91 Å². The Morgan fingerprint density at radius 3 is 2.57 bits per heavy atom. The van der Waals surface area contributed by atoms with Crippen LogP contribution in [0.4, 0.5) is 20.2 Å². The fourth-order valence-electron chi connectivity index (χ4n) is 2.51. The molecule has 0 saturated heterocycles. The van der Waals surface area contributed by atoms with E-state index >= 15 is 0 Å². The number of hydrogen-bond donors (Lipinski definition) is 2. The zero-order chi connectivity index (χ0) is 14.8. The SMILES string of the molecule is O=C(Nc1cccc2c1NCCC2)c1c(F)cccc1F. The van der Waals surface area contributed by atoms with Gasteiger partial charge in [-0.15, -0.1) is 0 Å². The van der Waals surface area contributed by atoms with E-state index in [9.17, 15) is 13.6 Å². The van der Waals surface area contributed by atoms with Crippen LogP contribution in [-0.4, -0.2) is 12.5 Å². The van der Waals surface area contributed by atoms with E-state index in [1.807, 2.05) is 12.1 Å². The minimum atomic E-state index is -0.870. The van der Waals surface area contributed by atoms with Crippen LogP contribution in [-0.2, 0) is 6.42 Å². The molecule has 0 atom stereocenters. The van der Waals surface area contributed by atoms with E-state index in [1.165, 1.54) is 6.07 Å². The van der Waals surface area contributed by atoms with E-state index in [0.717, 1.165) is 42.8 Å². The highest BCUT2D eigenvalue weighted by Gasteiger charge is 2.19. The summed E-state index contributed by atoms with van der Waals surface area (Å²) in [5.41, 5.74) is 1.90. The predicted molar refractivity (Wildman–Crippen MR) is 77.6 cm³/mol. The van der Waals surface area contributed by atoms with Gasteiger partial charge in [-0.1, -0.05) is 18.2 Å². The number of amides is 1. The van der Waals surface area contributed by atoms with Crippen LogP contribution in [0, 0.1) is 11.6 Å². The van der Waals surface area contributed by atoms with Crippen molar-refractivity contribution in [2.45, 2.75) is 12.8 Å². The van der Waals surface area contributed by atoms with Gasteiger partial charge in [-0.25, -0.2) is 8.78 Å². The van der Waals surface area contributed by atoms with Gasteiger partial charge in [0.05, 0.1) is 11.4 Å². The molecule has 21 heavy (non-hydrogen) atoms. The molecule has 0 aliphatic carbocycles. The molecule has 5 heteroatoms. The van der Waals surface area contributed by atoms with E-state index in [1.54, 1.807) is 6.07 Å². The molecule has 1 amide bonds. The molecule has 1 aliphatic rings. The van der Waals surface area contributed by atoms with Crippen LogP contribution in [0.2, 0.25) is 0 Å². The van der Waals surface area contributed by atoms with Gasteiger partial charge in [0.2, 0.25) is 0 Å². The summed E-state index contributed by atoms with van der Waals surface area (Å²) in [5.74, 6) is -2.53. The molecule has 108 valence electrons. The highest BCUT2D eigenvalue weighted by Crippen LogP contribution is 2.30. The molecule has 3 nitrogen and oxygen atoms in total. The molecule has 0 radical (unpaired) electrons. The first-order valence-electron chi connectivity index (χ1n) is 6.78. The van der Waals surface area contributed by atoms with Gasteiger partial charge in [0.15, 0.2) is 0 Å².